The molecular weight excluding hydrogens is 156 g/mol. The van der Waals surface area contributed by atoms with Crippen molar-refractivity contribution in [1.29, 1.82) is 0 Å². The Balaban J connectivity index is 3.29. The second kappa shape index (κ2) is 8.49. The number of aliphatic imine (C=N–C) groups is 1. The third kappa shape index (κ3) is 7.50. The van der Waals surface area contributed by atoms with Crippen LogP contribution in [0, 0.1) is 0 Å². The maximum absolute atomic E-state index is 5.59. The van der Waals surface area contributed by atoms with Crippen molar-refractivity contribution in [1.82, 2.24) is 0 Å². The van der Waals surface area contributed by atoms with Crippen molar-refractivity contribution in [2.24, 2.45) is 10.7 Å². The van der Waals surface area contributed by atoms with E-state index in [0.29, 0.717) is 19.0 Å². The van der Waals surface area contributed by atoms with Gasteiger partial charge in [0.15, 0.2) is 0 Å². The van der Waals surface area contributed by atoms with Crippen LogP contribution in [0.4, 0.5) is 0 Å². The molecule has 0 unspecified atom stereocenters. The molecule has 72 valence electrons. The third-order valence-electron chi connectivity index (χ3n) is 1.39. The summed E-state index contributed by atoms with van der Waals surface area (Å²) < 4.78 is 9.71. The lowest BCUT2D eigenvalue weighted by Crippen LogP contribution is -2.14. The van der Waals surface area contributed by atoms with Gasteiger partial charge >= 0.3 is 0 Å². The standard InChI is InChI=1S/C8H18N2O2/c1-11-6-3-4-8(9)10-5-7-12-2/h3-7H2,1-2H3,(H2,9,10). The van der Waals surface area contributed by atoms with Crippen LogP contribution in [0.25, 0.3) is 0 Å². The van der Waals surface area contributed by atoms with Crippen LogP contribution in [0.1, 0.15) is 12.8 Å². The smallest absolute Gasteiger partial charge is 0.0938 e. The zero-order valence-electron chi connectivity index (χ0n) is 7.88. The fourth-order valence-electron chi connectivity index (χ4n) is 0.757. The summed E-state index contributed by atoms with van der Waals surface area (Å²) >= 11 is 0. The largest absolute Gasteiger partial charge is 0.387 e. The van der Waals surface area contributed by atoms with E-state index in [1.807, 2.05) is 0 Å². The second-order valence-corrected chi connectivity index (χ2v) is 2.46. The molecule has 2 N–H and O–H groups in total. The summed E-state index contributed by atoms with van der Waals surface area (Å²) in [6.45, 7) is 2.01. The van der Waals surface area contributed by atoms with Crippen LogP contribution >= 0.6 is 0 Å². The van der Waals surface area contributed by atoms with E-state index in [4.69, 9.17) is 15.2 Å². The summed E-state index contributed by atoms with van der Waals surface area (Å²) in [5.74, 6) is 0.684. The Morgan fingerprint density at radius 3 is 2.50 bits per heavy atom. The Labute approximate surface area is 73.8 Å². The zero-order chi connectivity index (χ0) is 9.23. The summed E-state index contributed by atoms with van der Waals surface area (Å²) in [5.41, 5.74) is 5.59. The first-order valence-corrected chi connectivity index (χ1v) is 4.08. The van der Waals surface area contributed by atoms with Crippen molar-refractivity contribution in [3.05, 3.63) is 0 Å². The lowest BCUT2D eigenvalue weighted by atomic mass is 10.3. The topological polar surface area (TPSA) is 56.8 Å². The zero-order valence-corrected chi connectivity index (χ0v) is 7.88. The summed E-state index contributed by atoms with van der Waals surface area (Å²) in [4.78, 5) is 4.10. The van der Waals surface area contributed by atoms with E-state index in [1.165, 1.54) is 0 Å². The van der Waals surface area contributed by atoms with Gasteiger partial charge in [-0.2, -0.15) is 0 Å². The molecule has 0 aromatic heterocycles. The van der Waals surface area contributed by atoms with Gasteiger partial charge in [0.2, 0.25) is 0 Å². The van der Waals surface area contributed by atoms with Gasteiger partial charge < -0.3 is 15.2 Å². The van der Waals surface area contributed by atoms with Crippen LogP contribution < -0.4 is 5.73 Å². The van der Waals surface area contributed by atoms with Gasteiger partial charge in [0.1, 0.15) is 0 Å². The normalized spacial score (nSPS) is 12.0. The molecular formula is C8H18N2O2. The highest BCUT2D eigenvalue weighted by molar-refractivity contribution is 5.80. The molecule has 0 heterocycles. The summed E-state index contributed by atoms with van der Waals surface area (Å²) in [6, 6.07) is 0. The molecule has 0 rings (SSSR count). The highest BCUT2D eigenvalue weighted by Crippen LogP contribution is 1.89. The van der Waals surface area contributed by atoms with Crippen molar-refractivity contribution < 1.29 is 9.47 Å². The number of hydrogen-bond donors (Lipinski definition) is 1. The summed E-state index contributed by atoms with van der Waals surface area (Å²) in [6.07, 6.45) is 1.73. The van der Waals surface area contributed by atoms with Gasteiger partial charge in [-0.3, -0.25) is 4.99 Å². The highest BCUT2D eigenvalue weighted by Gasteiger charge is 1.91. The van der Waals surface area contributed by atoms with Gasteiger partial charge in [-0.25, -0.2) is 0 Å². The number of rotatable bonds is 7. The average Bonchev–Trinajstić information content (AvgIpc) is 2.06. The van der Waals surface area contributed by atoms with Crippen LogP contribution in [0.15, 0.2) is 4.99 Å². The number of nitrogens with two attached hydrogens (primary N) is 1. The molecule has 0 saturated carbocycles. The van der Waals surface area contributed by atoms with Gasteiger partial charge in [0.05, 0.1) is 19.0 Å². The predicted molar refractivity (Wildman–Crippen MR) is 49.5 cm³/mol. The first-order valence-electron chi connectivity index (χ1n) is 4.08. The van der Waals surface area contributed by atoms with Gasteiger partial charge in [0, 0.05) is 27.2 Å². The molecule has 0 aliphatic carbocycles. The molecule has 0 aliphatic heterocycles. The monoisotopic (exact) mass is 174 g/mol. The first-order chi connectivity index (χ1) is 5.81. The van der Waals surface area contributed by atoms with Crippen LogP contribution in [-0.2, 0) is 9.47 Å². The van der Waals surface area contributed by atoms with E-state index in [9.17, 15) is 0 Å². The molecule has 0 radical (unpaired) electrons. The molecule has 0 amide bonds. The fraction of sp³-hybridized carbons (Fsp3) is 0.875. The van der Waals surface area contributed by atoms with E-state index in [2.05, 4.69) is 4.99 Å². The van der Waals surface area contributed by atoms with Crippen LogP contribution in [0.5, 0.6) is 0 Å². The molecule has 0 aromatic carbocycles. The second-order valence-electron chi connectivity index (χ2n) is 2.46. The van der Waals surface area contributed by atoms with E-state index in [-0.39, 0.29) is 0 Å². The molecule has 0 aliphatic rings. The molecule has 12 heavy (non-hydrogen) atoms. The van der Waals surface area contributed by atoms with Crippen molar-refractivity contribution >= 4 is 5.84 Å². The van der Waals surface area contributed by atoms with Crippen molar-refractivity contribution in [3.8, 4) is 0 Å². The predicted octanol–water partition coefficient (Wildman–Crippen LogP) is 0.417. The quantitative estimate of drug-likeness (QED) is 0.345. The Kier molecular flexibility index (Phi) is 8.05. The molecule has 0 spiro atoms. The van der Waals surface area contributed by atoms with Crippen molar-refractivity contribution in [3.63, 3.8) is 0 Å². The maximum Gasteiger partial charge on any atom is 0.0938 e. The Hall–Kier alpha value is -0.610. The third-order valence-corrected chi connectivity index (χ3v) is 1.39. The van der Waals surface area contributed by atoms with Gasteiger partial charge in [-0.15, -0.1) is 0 Å². The number of amidine groups is 1. The minimum absolute atomic E-state index is 0.630. The van der Waals surface area contributed by atoms with Gasteiger partial charge in [0.25, 0.3) is 0 Å². The SMILES string of the molecule is COCCCC(N)=NCCOC. The van der Waals surface area contributed by atoms with E-state index in [0.717, 1.165) is 19.4 Å². The Morgan fingerprint density at radius 1 is 1.25 bits per heavy atom. The number of ether oxygens (including phenoxy) is 2. The molecule has 0 fully saturated rings. The molecule has 4 heteroatoms. The summed E-state index contributed by atoms with van der Waals surface area (Å²) in [5, 5.41) is 0. The summed E-state index contributed by atoms with van der Waals surface area (Å²) in [7, 11) is 3.33. The van der Waals surface area contributed by atoms with E-state index in [1.54, 1.807) is 14.2 Å². The van der Waals surface area contributed by atoms with Gasteiger partial charge in [-0.05, 0) is 6.42 Å². The number of nitrogens with zero attached hydrogens (tertiary/aromatic N) is 1. The van der Waals surface area contributed by atoms with Crippen molar-refractivity contribution in [2.75, 3.05) is 34.0 Å². The molecule has 0 bridgehead atoms. The Bertz CT molecular complexity index is 126. The van der Waals surface area contributed by atoms with Crippen LogP contribution in [0.3, 0.4) is 0 Å². The molecule has 0 atom stereocenters. The van der Waals surface area contributed by atoms with Gasteiger partial charge in [-0.1, -0.05) is 0 Å². The lowest BCUT2D eigenvalue weighted by molar-refractivity contribution is 0.196. The average molecular weight is 174 g/mol. The minimum atomic E-state index is 0.630. The maximum atomic E-state index is 5.59. The number of methoxy groups -OCH3 is 2. The fourth-order valence-corrected chi connectivity index (χ4v) is 0.757. The molecule has 4 nitrogen and oxygen atoms in total. The highest BCUT2D eigenvalue weighted by atomic mass is 16.5. The van der Waals surface area contributed by atoms with Crippen LogP contribution in [0.2, 0.25) is 0 Å². The van der Waals surface area contributed by atoms with E-state index < -0.39 is 0 Å². The molecule has 0 saturated heterocycles. The minimum Gasteiger partial charge on any atom is -0.387 e. The van der Waals surface area contributed by atoms with Crippen molar-refractivity contribution in [2.45, 2.75) is 12.8 Å². The van der Waals surface area contributed by atoms with Crippen LogP contribution in [-0.4, -0.2) is 39.8 Å². The molecule has 0 aromatic rings. The lowest BCUT2D eigenvalue weighted by Gasteiger charge is -2.00. The van der Waals surface area contributed by atoms with E-state index >= 15 is 0 Å². The Morgan fingerprint density at radius 2 is 1.92 bits per heavy atom. The number of hydrogen-bond acceptors (Lipinski definition) is 3. The first kappa shape index (κ1) is 11.4.